The third-order valence-corrected chi connectivity index (χ3v) is 5.19. The molecule has 110 valence electrons. The zero-order chi connectivity index (χ0) is 13.9. The highest BCUT2D eigenvalue weighted by Crippen LogP contribution is 2.24. The Morgan fingerprint density at radius 2 is 2.15 bits per heavy atom. The summed E-state index contributed by atoms with van der Waals surface area (Å²) in [4.78, 5) is 2.63. The molecule has 0 saturated carbocycles. The fourth-order valence-corrected chi connectivity index (χ4v) is 3.63. The second-order valence-corrected chi connectivity index (χ2v) is 6.64. The van der Waals surface area contributed by atoms with Gasteiger partial charge < -0.3 is 5.32 Å². The van der Waals surface area contributed by atoms with Gasteiger partial charge in [-0.25, -0.2) is 0 Å². The van der Waals surface area contributed by atoms with E-state index >= 15 is 0 Å². The lowest BCUT2D eigenvalue weighted by molar-refractivity contribution is 0.162. The van der Waals surface area contributed by atoms with E-state index in [1.54, 1.807) is 11.1 Å². The fraction of sp³-hybridized carbons (Fsp3) is 0.667. The van der Waals surface area contributed by atoms with Gasteiger partial charge in [0, 0.05) is 32.2 Å². The summed E-state index contributed by atoms with van der Waals surface area (Å²) >= 11 is 0. The summed E-state index contributed by atoms with van der Waals surface area (Å²) in [7, 11) is 0. The standard InChI is InChI=1S/C18H28N2/c1-3-14(2)18-13-20(10-9-19-18)12-15-7-8-16-5-4-6-17(16)11-15/h7-8,11,14,18-19H,3-6,9-10,12-13H2,1-2H3. The third-order valence-electron chi connectivity index (χ3n) is 5.19. The van der Waals surface area contributed by atoms with Crippen LogP contribution in [0.3, 0.4) is 0 Å². The molecule has 20 heavy (non-hydrogen) atoms. The van der Waals surface area contributed by atoms with Gasteiger partial charge in [0.15, 0.2) is 0 Å². The van der Waals surface area contributed by atoms with Gasteiger partial charge in [-0.3, -0.25) is 4.90 Å². The van der Waals surface area contributed by atoms with Crippen LogP contribution in [0.5, 0.6) is 0 Å². The van der Waals surface area contributed by atoms with E-state index in [-0.39, 0.29) is 0 Å². The molecule has 2 atom stereocenters. The highest BCUT2D eigenvalue weighted by atomic mass is 15.2. The van der Waals surface area contributed by atoms with E-state index in [0.717, 1.165) is 19.0 Å². The molecule has 1 aliphatic heterocycles. The number of piperazine rings is 1. The van der Waals surface area contributed by atoms with Gasteiger partial charge in [-0.2, -0.15) is 0 Å². The molecule has 0 amide bonds. The molecule has 0 bridgehead atoms. The maximum Gasteiger partial charge on any atom is 0.0235 e. The van der Waals surface area contributed by atoms with Crippen molar-refractivity contribution in [1.82, 2.24) is 10.2 Å². The molecule has 1 aromatic carbocycles. The number of fused-ring (bicyclic) bond motifs is 1. The van der Waals surface area contributed by atoms with Crippen molar-refractivity contribution in [3.8, 4) is 0 Å². The van der Waals surface area contributed by atoms with Crippen LogP contribution in [-0.2, 0) is 19.4 Å². The summed E-state index contributed by atoms with van der Waals surface area (Å²) in [6.07, 6.45) is 5.20. The number of hydrogen-bond donors (Lipinski definition) is 1. The van der Waals surface area contributed by atoms with Gasteiger partial charge >= 0.3 is 0 Å². The lowest BCUT2D eigenvalue weighted by Crippen LogP contribution is -2.52. The summed E-state index contributed by atoms with van der Waals surface area (Å²) in [5.41, 5.74) is 4.71. The maximum atomic E-state index is 3.69. The van der Waals surface area contributed by atoms with E-state index in [1.807, 2.05) is 0 Å². The van der Waals surface area contributed by atoms with Gasteiger partial charge in [0.05, 0.1) is 0 Å². The van der Waals surface area contributed by atoms with E-state index < -0.39 is 0 Å². The number of nitrogens with zero attached hydrogens (tertiary/aromatic N) is 1. The first-order valence-corrected chi connectivity index (χ1v) is 8.32. The molecule has 1 saturated heterocycles. The number of hydrogen-bond acceptors (Lipinski definition) is 2. The predicted molar refractivity (Wildman–Crippen MR) is 85.0 cm³/mol. The Morgan fingerprint density at radius 3 is 3.00 bits per heavy atom. The van der Waals surface area contributed by atoms with Crippen molar-refractivity contribution in [1.29, 1.82) is 0 Å². The highest BCUT2D eigenvalue weighted by Gasteiger charge is 2.23. The van der Waals surface area contributed by atoms with Crippen LogP contribution in [0.25, 0.3) is 0 Å². The first-order valence-electron chi connectivity index (χ1n) is 8.32. The summed E-state index contributed by atoms with van der Waals surface area (Å²) in [6.45, 7) is 9.32. The summed E-state index contributed by atoms with van der Waals surface area (Å²) in [5.74, 6) is 0.776. The van der Waals surface area contributed by atoms with Gasteiger partial charge in [0.1, 0.15) is 0 Å². The van der Waals surface area contributed by atoms with Crippen molar-refractivity contribution in [2.75, 3.05) is 19.6 Å². The second kappa shape index (κ2) is 6.28. The van der Waals surface area contributed by atoms with Gasteiger partial charge in [0.25, 0.3) is 0 Å². The molecule has 1 aromatic rings. The van der Waals surface area contributed by atoms with Crippen LogP contribution in [0, 0.1) is 5.92 Å². The Balaban J connectivity index is 1.62. The third kappa shape index (κ3) is 3.07. The Morgan fingerprint density at radius 1 is 1.30 bits per heavy atom. The lowest BCUT2D eigenvalue weighted by atomic mass is 9.97. The van der Waals surface area contributed by atoms with Crippen LogP contribution >= 0.6 is 0 Å². The molecule has 1 N–H and O–H groups in total. The average Bonchev–Trinajstić information content (AvgIpc) is 2.94. The molecular weight excluding hydrogens is 244 g/mol. The zero-order valence-electron chi connectivity index (χ0n) is 13.0. The van der Waals surface area contributed by atoms with Gasteiger partial charge in [0.2, 0.25) is 0 Å². The molecular formula is C18H28N2. The Bertz CT molecular complexity index is 455. The normalized spacial score (nSPS) is 24.6. The van der Waals surface area contributed by atoms with Gasteiger partial charge in [-0.05, 0) is 41.9 Å². The van der Waals surface area contributed by atoms with Crippen molar-refractivity contribution >= 4 is 0 Å². The Hall–Kier alpha value is -0.860. The second-order valence-electron chi connectivity index (χ2n) is 6.64. The Labute approximate surface area is 123 Å². The summed E-state index contributed by atoms with van der Waals surface area (Å²) in [6, 6.07) is 7.85. The van der Waals surface area contributed by atoms with Crippen LogP contribution in [-0.4, -0.2) is 30.6 Å². The molecule has 1 aliphatic carbocycles. The molecule has 0 spiro atoms. The minimum absolute atomic E-state index is 0.670. The Kier molecular flexibility index (Phi) is 4.42. The predicted octanol–water partition coefficient (Wildman–Crippen LogP) is 3.00. The summed E-state index contributed by atoms with van der Waals surface area (Å²) in [5, 5.41) is 3.69. The van der Waals surface area contributed by atoms with Gasteiger partial charge in [-0.1, -0.05) is 38.5 Å². The van der Waals surface area contributed by atoms with Crippen molar-refractivity contribution in [2.45, 2.75) is 52.1 Å². The molecule has 1 heterocycles. The highest BCUT2D eigenvalue weighted by molar-refractivity contribution is 5.35. The number of aryl methyl sites for hydroxylation is 2. The van der Waals surface area contributed by atoms with Crippen LogP contribution in [0.4, 0.5) is 0 Å². The van der Waals surface area contributed by atoms with Crippen LogP contribution in [0.1, 0.15) is 43.4 Å². The van der Waals surface area contributed by atoms with Crippen LogP contribution in [0.2, 0.25) is 0 Å². The maximum absolute atomic E-state index is 3.69. The summed E-state index contributed by atoms with van der Waals surface area (Å²) < 4.78 is 0. The van der Waals surface area contributed by atoms with Crippen molar-refractivity contribution in [3.05, 3.63) is 34.9 Å². The van der Waals surface area contributed by atoms with E-state index in [9.17, 15) is 0 Å². The number of benzene rings is 1. The van der Waals surface area contributed by atoms with E-state index in [1.165, 1.54) is 44.3 Å². The van der Waals surface area contributed by atoms with Crippen molar-refractivity contribution in [2.24, 2.45) is 5.92 Å². The molecule has 0 aromatic heterocycles. The monoisotopic (exact) mass is 272 g/mol. The minimum atomic E-state index is 0.670. The molecule has 3 rings (SSSR count). The number of nitrogens with one attached hydrogen (secondary N) is 1. The van der Waals surface area contributed by atoms with E-state index in [0.29, 0.717) is 6.04 Å². The SMILES string of the molecule is CCC(C)C1CN(Cc2ccc3c(c2)CCC3)CCN1. The number of rotatable bonds is 4. The van der Waals surface area contributed by atoms with E-state index in [4.69, 9.17) is 0 Å². The molecule has 2 aliphatic rings. The topological polar surface area (TPSA) is 15.3 Å². The molecule has 2 nitrogen and oxygen atoms in total. The average molecular weight is 272 g/mol. The van der Waals surface area contributed by atoms with Crippen LogP contribution < -0.4 is 5.32 Å². The van der Waals surface area contributed by atoms with Gasteiger partial charge in [-0.15, -0.1) is 0 Å². The minimum Gasteiger partial charge on any atom is -0.311 e. The first kappa shape index (κ1) is 14.1. The smallest absolute Gasteiger partial charge is 0.0235 e. The molecule has 2 heteroatoms. The first-order chi connectivity index (χ1) is 9.76. The van der Waals surface area contributed by atoms with Crippen molar-refractivity contribution in [3.63, 3.8) is 0 Å². The van der Waals surface area contributed by atoms with Crippen molar-refractivity contribution < 1.29 is 0 Å². The fourth-order valence-electron chi connectivity index (χ4n) is 3.63. The molecule has 2 unspecified atom stereocenters. The van der Waals surface area contributed by atoms with Crippen LogP contribution in [0.15, 0.2) is 18.2 Å². The quantitative estimate of drug-likeness (QED) is 0.906. The molecule has 1 fully saturated rings. The lowest BCUT2D eigenvalue weighted by Gasteiger charge is -2.36. The molecule has 0 radical (unpaired) electrons. The van der Waals surface area contributed by atoms with E-state index in [2.05, 4.69) is 42.3 Å². The zero-order valence-corrected chi connectivity index (χ0v) is 13.0. The largest absolute Gasteiger partial charge is 0.311 e.